The second kappa shape index (κ2) is 9.25. The summed E-state index contributed by atoms with van der Waals surface area (Å²) in [6, 6.07) is -0.889. The molecule has 2 aromatic heterocycles. The Kier molecular flexibility index (Phi) is 6.43. The minimum atomic E-state index is -1.20. The zero-order chi connectivity index (χ0) is 22.8. The van der Waals surface area contributed by atoms with E-state index in [1.54, 1.807) is 17.9 Å². The molecule has 2 aliphatic heterocycles. The maximum absolute atomic E-state index is 12.8. The summed E-state index contributed by atoms with van der Waals surface area (Å²) in [6.07, 6.45) is 0. The summed E-state index contributed by atoms with van der Waals surface area (Å²) in [5, 5.41) is 28.9. The maximum Gasteiger partial charge on any atom is 0.352 e. The number of carboxylic acid groups (broad SMARTS) is 1. The predicted octanol–water partition coefficient (Wildman–Crippen LogP) is -0.452. The molecule has 16 heteroatoms. The number of carbonyl (C=O) groups is 3. The third-order valence-electron chi connectivity index (χ3n) is 4.57. The molecule has 0 spiro atoms. The Morgan fingerprint density at radius 3 is 2.91 bits per heavy atom. The summed E-state index contributed by atoms with van der Waals surface area (Å²) in [4.78, 5) is 47.5. The van der Waals surface area contributed by atoms with Crippen LogP contribution in [0, 0.1) is 0 Å². The molecule has 13 nitrogen and oxygen atoms in total. The minimum Gasteiger partial charge on any atom is -0.477 e. The molecule has 2 atom stereocenters. The van der Waals surface area contributed by atoms with Gasteiger partial charge in [-0.1, -0.05) is 16.9 Å². The molecule has 0 bridgehead atoms. The smallest absolute Gasteiger partial charge is 0.352 e. The van der Waals surface area contributed by atoms with Gasteiger partial charge in [0.1, 0.15) is 29.9 Å². The van der Waals surface area contributed by atoms with Crippen molar-refractivity contribution in [3.05, 3.63) is 27.9 Å². The number of thioether (sulfide) groups is 2. The van der Waals surface area contributed by atoms with Crippen LogP contribution < -0.4 is 5.32 Å². The van der Waals surface area contributed by atoms with Gasteiger partial charge in [-0.15, -0.1) is 28.2 Å². The van der Waals surface area contributed by atoms with Crippen molar-refractivity contribution in [3.8, 4) is 0 Å². The molecule has 32 heavy (non-hydrogen) atoms. The normalized spacial score (nSPS) is 20.6. The summed E-state index contributed by atoms with van der Waals surface area (Å²) < 4.78 is 1.48. The van der Waals surface area contributed by atoms with E-state index < -0.39 is 29.2 Å². The van der Waals surface area contributed by atoms with Crippen LogP contribution in [0.2, 0.25) is 0 Å². The topological polar surface area (TPSA) is 165 Å². The van der Waals surface area contributed by atoms with Gasteiger partial charge in [0.2, 0.25) is 5.16 Å². The number of aliphatic carboxylic acids is 1. The number of tetrazole rings is 1. The number of carboxylic acids is 1. The monoisotopic (exact) mass is 496 g/mol. The molecule has 4 heterocycles. The van der Waals surface area contributed by atoms with E-state index in [-0.39, 0.29) is 11.4 Å². The van der Waals surface area contributed by atoms with Gasteiger partial charge in [0, 0.05) is 23.9 Å². The Morgan fingerprint density at radius 2 is 2.28 bits per heavy atom. The van der Waals surface area contributed by atoms with E-state index in [1.807, 2.05) is 0 Å². The fraction of sp³-hybridized carbons (Fsp3) is 0.375. The van der Waals surface area contributed by atoms with Gasteiger partial charge in [0.25, 0.3) is 11.8 Å². The van der Waals surface area contributed by atoms with Crippen LogP contribution in [0.5, 0.6) is 0 Å². The first-order chi connectivity index (χ1) is 15.4. The fourth-order valence-electron chi connectivity index (χ4n) is 3.12. The van der Waals surface area contributed by atoms with Crippen LogP contribution in [0.4, 0.5) is 0 Å². The van der Waals surface area contributed by atoms with E-state index in [0.717, 1.165) is 0 Å². The number of fused-ring (bicyclic) bond motifs is 1. The third-order valence-corrected chi connectivity index (χ3v) is 7.59. The van der Waals surface area contributed by atoms with E-state index in [4.69, 9.17) is 4.84 Å². The Hall–Kier alpha value is -2.98. The van der Waals surface area contributed by atoms with Gasteiger partial charge >= 0.3 is 5.97 Å². The Balaban J connectivity index is 1.49. The van der Waals surface area contributed by atoms with Crippen LogP contribution in [0.25, 0.3) is 0 Å². The summed E-state index contributed by atoms with van der Waals surface area (Å²) in [5.41, 5.74) is 2.30. The standard InChI is InChI=1S/C16H16N8O5S3/c1-23-16(19-21-22-23)32-4-7-3-31-14-10(13(26)24(14)11(7)15(27)28)18-12(25)9(20-29-2)8-5-30-6-17-8/h5-6,10,14H,3-4H2,1-2H3,(H,18,25)(H,27,28)/t10?,14-/m0/s1. The van der Waals surface area contributed by atoms with Crippen LogP contribution in [0.3, 0.4) is 0 Å². The first kappa shape index (κ1) is 22.2. The lowest BCUT2D eigenvalue weighted by Gasteiger charge is -2.49. The second-order valence-corrected chi connectivity index (χ2v) is 9.25. The van der Waals surface area contributed by atoms with Gasteiger partial charge in [0.05, 0.1) is 5.51 Å². The van der Waals surface area contributed by atoms with Crippen molar-refractivity contribution in [2.24, 2.45) is 12.2 Å². The van der Waals surface area contributed by atoms with Crippen LogP contribution in [-0.4, -0.2) is 88.7 Å². The average Bonchev–Trinajstić information content (AvgIpc) is 3.45. The minimum absolute atomic E-state index is 0.0656. The summed E-state index contributed by atoms with van der Waals surface area (Å²) in [5.74, 6) is -1.65. The number of oxime groups is 1. The summed E-state index contributed by atoms with van der Waals surface area (Å²) in [6.45, 7) is 0. The maximum atomic E-state index is 12.8. The first-order valence-electron chi connectivity index (χ1n) is 8.98. The second-order valence-electron chi connectivity index (χ2n) is 6.49. The molecule has 0 saturated carbocycles. The quantitative estimate of drug-likeness (QED) is 0.210. The lowest BCUT2D eigenvalue weighted by atomic mass is 10.0. The molecule has 1 saturated heterocycles. The van der Waals surface area contributed by atoms with Gasteiger partial charge in [-0.2, -0.15) is 0 Å². The molecule has 1 fully saturated rings. The van der Waals surface area contributed by atoms with Crippen molar-refractivity contribution < 1.29 is 24.3 Å². The zero-order valence-electron chi connectivity index (χ0n) is 16.7. The fourth-order valence-corrected chi connectivity index (χ4v) is 6.00. The number of aryl methyl sites for hydroxylation is 1. The van der Waals surface area contributed by atoms with Crippen molar-refractivity contribution in [2.75, 3.05) is 18.6 Å². The van der Waals surface area contributed by atoms with Crippen LogP contribution in [0.1, 0.15) is 5.69 Å². The number of β-lactam (4-membered cyclic amide) rings is 1. The number of carbonyl (C=O) groups excluding carboxylic acids is 2. The molecule has 2 amide bonds. The number of nitrogens with one attached hydrogen (secondary N) is 1. The van der Waals surface area contributed by atoms with Crippen LogP contribution >= 0.6 is 34.9 Å². The van der Waals surface area contributed by atoms with E-state index >= 15 is 0 Å². The van der Waals surface area contributed by atoms with Crippen molar-refractivity contribution in [1.82, 2.24) is 35.4 Å². The van der Waals surface area contributed by atoms with Crippen molar-refractivity contribution >= 4 is 58.4 Å². The average molecular weight is 497 g/mol. The van der Waals surface area contributed by atoms with Gasteiger partial charge in [-0.3, -0.25) is 14.5 Å². The number of amides is 2. The molecule has 0 aliphatic carbocycles. The molecule has 1 unspecified atom stereocenters. The third kappa shape index (κ3) is 4.07. The predicted molar refractivity (Wildman–Crippen MR) is 115 cm³/mol. The van der Waals surface area contributed by atoms with E-state index in [2.05, 4.69) is 31.0 Å². The lowest BCUT2D eigenvalue weighted by molar-refractivity contribution is -0.150. The number of thiazole rings is 1. The molecule has 0 aromatic carbocycles. The lowest BCUT2D eigenvalue weighted by Crippen LogP contribution is -2.71. The molecular weight excluding hydrogens is 480 g/mol. The van der Waals surface area contributed by atoms with Crippen LogP contribution in [0.15, 0.2) is 32.5 Å². The van der Waals surface area contributed by atoms with E-state index in [9.17, 15) is 19.5 Å². The highest BCUT2D eigenvalue weighted by atomic mass is 32.2. The molecule has 4 rings (SSSR count). The Morgan fingerprint density at radius 1 is 1.47 bits per heavy atom. The number of rotatable bonds is 8. The number of aromatic nitrogens is 5. The van der Waals surface area contributed by atoms with Gasteiger partial charge in [-0.25, -0.2) is 14.5 Å². The van der Waals surface area contributed by atoms with Gasteiger partial charge < -0.3 is 15.3 Å². The molecule has 2 N–H and O–H groups in total. The number of nitrogens with zero attached hydrogens (tertiary/aromatic N) is 7. The molecular formula is C16H16N8O5S3. The van der Waals surface area contributed by atoms with Crippen molar-refractivity contribution in [2.45, 2.75) is 16.6 Å². The van der Waals surface area contributed by atoms with E-state index in [0.29, 0.717) is 27.9 Å². The number of hydrogen-bond acceptors (Lipinski definition) is 12. The number of hydrogen-bond donors (Lipinski definition) is 2. The first-order valence-corrected chi connectivity index (χ1v) is 12.0. The Bertz CT molecular complexity index is 1110. The molecule has 0 radical (unpaired) electrons. The highest BCUT2D eigenvalue weighted by Crippen LogP contribution is 2.41. The molecule has 2 aromatic rings. The Labute approximate surface area is 193 Å². The highest BCUT2D eigenvalue weighted by Gasteiger charge is 2.54. The van der Waals surface area contributed by atoms with Gasteiger partial charge in [0.15, 0.2) is 5.71 Å². The largest absolute Gasteiger partial charge is 0.477 e. The van der Waals surface area contributed by atoms with Gasteiger partial charge in [-0.05, 0) is 16.0 Å². The zero-order valence-corrected chi connectivity index (χ0v) is 19.1. The van der Waals surface area contributed by atoms with Crippen molar-refractivity contribution in [3.63, 3.8) is 0 Å². The van der Waals surface area contributed by atoms with Crippen molar-refractivity contribution in [1.29, 1.82) is 0 Å². The molecule has 168 valence electrons. The SMILES string of the molecule is CON=C(C(=O)NC1C(=O)N2C(C(=O)O)=C(CSc3nnnn3C)CS[C@@H]12)c1cscn1. The molecule has 2 aliphatic rings. The summed E-state index contributed by atoms with van der Waals surface area (Å²) >= 11 is 3.93. The van der Waals surface area contributed by atoms with E-state index in [1.165, 1.54) is 51.6 Å². The summed E-state index contributed by atoms with van der Waals surface area (Å²) in [7, 11) is 2.98. The highest BCUT2D eigenvalue weighted by molar-refractivity contribution is 8.01. The van der Waals surface area contributed by atoms with Crippen LogP contribution in [-0.2, 0) is 26.3 Å².